The maximum absolute atomic E-state index is 12.6. The molecular formula is C25H28N5O6P. The van der Waals surface area contributed by atoms with E-state index in [4.69, 9.17) is 24.3 Å². The van der Waals surface area contributed by atoms with E-state index in [1.807, 2.05) is 31.2 Å². The Bertz CT molecular complexity index is 1390. The number of methoxy groups -OCH3 is 1. The zero-order chi connectivity index (χ0) is 26.2. The quantitative estimate of drug-likeness (QED) is 0.152. The van der Waals surface area contributed by atoms with Crippen molar-refractivity contribution in [3.05, 3.63) is 81.9 Å². The number of anilines is 1. The number of nitrogen functional groups attached to an aromatic ring is 1. The zero-order valence-corrected chi connectivity index (χ0v) is 21.4. The maximum atomic E-state index is 12.6. The first-order valence-electron chi connectivity index (χ1n) is 11.5. The second kappa shape index (κ2) is 12.6. The molecule has 2 heterocycles. The highest BCUT2D eigenvalue weighted by atomic mass is 31.2. The molecule has 0 bridgehead atoms. The fraction of sp³-hybridized carbons (Fsp3) is 0.280. The van der Waals surface area contributed by atoms with Gasteiger partial charge in [-0.25, -0.2) is 4.98 Å². The lowest BCUT2D eigenvalue weighted by atomic mass is 10.1. The molecule has 1 unspecified atom stereocenters. The van der Waals surface area contributed by atoms with Crippen molar-refractivity contribution in [2.75, 3.05) is 32.4 Å². The van der Waals surface area contributed by atoms with Crippen LogP contribution in [0.3, 0.4) is 0 Å². The van der Waals surface area contributed by atoms with Crippen molar-refractivity contribution in [1.82, 2.24) is 19.5 Å². The molecule has 0 aliphatic heterocycles. The summed E-state index contributed by atoms with van der Waals surface area (Å²) in [5, 5.41) is 0. The second-order valence-corrected chi connectivity index (χ2v) is 9.56. The van der Waals surface area contributed by atoms with Crippen molar-refractivity contribution >= 4 is 31.3 Å². The molecule has 3 N–H and O–H groups in total. The minimum Gasteiger partial charge on any atom is -0.497 e. The predicted molar refractivity (Wildman–Crippen MR) is 140 cm³/mol. The van der Waals surface area contributed by atoms with Crippen molar-refractivity contribution < 1.29 is 23.3 Å². The molecule has 0 spiro atoms. The first-order valence-corrected chi connectivity index (χ1v) is 12.8. The lowest BCUT2D eigenvalue weighted by Crippen LogP contribution is -2.13. The molecule has 37 heavy (non-hydrogen) atoms. The molecule has 0 fully saturated rings. The Morgan fingerprint density at radius 1 is 1.11 bits per heavy atom. The van der Waals surface area contributed by atoms with Crippen LogP contribution in [-0.4, -0.2) is 52.0 Å². The van der Waals surface area contributed by atoms with Crippen LogP contribution in [0.1, 0.15) is 21.5 Å². The number of rotatable bonds is 13. The number of H-pyrrole nitrogens is 1. The summed E-state index contributed by atoms with van der Waals surface area (Å²) in [5.74, 6) is 0.513. The van der Waals surface area contributed by atoms with E-state index in [1.54, 1.807) is 35.9 Å². The number of hydrogen-bond donors (Lipinski definition) is 2. The van der Waals surface area contributed by atoms with E-state index in [2.05, 4.69) is 15.0 Å². The highest BCUT2D eigenvalue weighted by Gasteiger charge is 2.16. The van der Waals surface area contributed by atoms with Gasteiger partial charge in [0.25, 0.3) is 5.56 Å². The van der Waals surface area contributed by atoms with Gasteiger partial charge in [0.05, 0.1) is 26.7 Å². The minimum absolute atomic E-state index is 0.0168. The molecule has 0 radical (unpaired) electrons. The largest absolute Gasteiger partial charge is 0.497 e. The maximum Gasteiger partial charge on any atom is 0.280 e. The summed E-state index contributed by atoms with van der Waals surface area (Å²) < 4.78 is 24.5. The van der Waals surface area contributed by atoms with Crippen LogP contribution in [0.25, 0.3) is 11.2 Å². The Morgan fingerprint density at radius 3 is 2.59 bits per heavy atom. The molecule has 0 saturated heterocycles. The van der Waals surface area contributed by atoms with Gasteiger partial charge in [-0.3, -0.25) is 14.6 Å². The number of aryl methyl sites for hydroxylation is 1. The number of carbonyl (C=O) groups is 1. The van der Waals surface area contributed by atoms with E-state index in [9.17, 15) is 9.59 Å². The molecule has 11 nitrogen and oxygen atoms in total. The number of benzene rings is 2. The third-order valence-electron chi connectivity index (χ3n) is 5.41. The fourth-order valence-corrected chi connectivity index (χ4v) is 4.43. The normalized spacial score (nSPS) is 12.1. The number of Topliss-reactive ketones (excluding diaryl/α,β-unsaturated/α-hetero) is 1. The number of carbonyl (C=O) groups excluding carboxylic acids is 1. The molecule has 2 aromatic carbocycles. The Kier molecular flexibility index (Phi) is 8.97. The van der Waals surface area contributed by atoms with E-state index in [0.29, 0.717) is 30.1 Å². The Labute approximate surface area is 214 Å². The summed E-state index contributed by atoms with van der Waals surface area (Å²) in [5.41, 5.74) is 8.49. The third-order valence-corrected chi connectivity index (χ3v) is 6.64. The Hall–Kier alpha value is -3.63. The van der Waals surface area contributed by atoms with Crippen molar-refractivity contribution in [3.63, 3.8) is 0 Å². The topological polar surface area (TPSA) is 144 Å². The number of ether oxygens (including phenoxy) is 2. The molecular weight excluding hydrogens is 497 g/mol. The van der Waals surface area contributed by atoms with Gasteiger partial charge in [0.15, 0.2) is 25.3 Å². The molecule has 0 amide bonds. The van der Waals surface area contributed by atoms with E-state index >= 15 is 0 Å². The second-order valence-electron chi connectivity index (χ2n) is 8.12. The number of aromatic nitrogens is 4. The van der Waals surface area contributed by atoms with Crippen molar-refractivity contribution in [1.29, 1.82) is 0 Å². The molecule has 4 rings (SSSR count). The molecule has 1 atom stereocenters. The zero-order valence-electron chi connectivity index (χ0n) is 20.5. The van der Waals surface area contributed by atoms with Crippen molar-refractivity contribution in [3.8, 4) is 5.75 Å². The molecule has 2 aromatic heterocycles. The van der Waals surface area contributed by atoms with E-state index in [0.717, 1.165) is 11.1 Å². The highest BCUT2D eigenvalue weighted by molar-refractivity contribution is 7.47. The summed E-state index contributed by atoms with van der Waals surface area (Å²) in [6, 6.07) is 14.8. The van der Waals surface area contributed by atoms with Gasteiger partial charge in [0, 0.05) is 12.1 Å². The lowest BCUT2D eigenvalue weighted by molar-refractivity contribution is 0.0896. The van der Waals surface area contributed by atoms with Crippen LogP contribution in [0.2, 0.25) is 0 Å². The van der Waals surface area contributed by atoms with Crippen LogP contribution in [0.15, 0.2) is 59.7 Å². The van der Waals surface area contributed by atoms with Gasteiger partial charge in [0.1, 0.15) is 18.7 Å². The standard InChI is InChI=1S/C25H28N5O6P/c1-17-3-5-18(6-4-17)13-35-37(36-14-21(31)19-7-9-20(33-2)10-8-19)16-34-12-11-30-15-27-22-23(30)28-25(26)29-24(22)32/h3-10,15H,11-14,16H2,1-2H3,(H3,26,28,29,32). The van der Waals surface area contributed by atoms with E-state index in [1.165, 1.54) is 6.33 Å². The number of nitrogens with two attached hydrogens (primary N) is 1. The third kappa shape index (κ3) is 7.21. The number of aromatic amines is 1. The summed E-state index contributed by atoms with van der Waals surface area (Å²) in [6.45, 7) is 2.86. The van der Waals surface area contributed by atoms with Gasteiger partial charge in [-0.05, 0) is 36.8 Å². The summed E-state index contributed by atoms with van der Waals surface area (Å²) in [6.07, 6.45) is 1.66. The van der Waals surface area contributed by atoms with E-state index < -0.39 is 13.9 Å². The van der Waals surface area contributed by atoms with Crippen LogP contribution in [-0.2, 0) is 26.9 Å². The molecule has 0 aliphatic carbocycles. The van der Waals surface area contributed by atoms with Crippen molar-refractivity contribution in [2.24, 2.45) is 0 Å². The SMILES string of the molecule is COc1ccc(C(=O)COP(COCCn2cnc3c(=O)[nH]c(N)nc32)OCc2ccc(C)cc2)cc1. The molecule has 0 saturated carbocycles. The smallest absolute Gasteiger partial charge is 0.280 e. The Balaban J connectivity index is 1.34. The summed E-state index contributed by atoms with van der Waals surface area (Å²) in [7, 11) is 0.0475. The first kappa shape index (κ1) is 26.4. The minimum atomic E-state index is -1.52. The van der Waals surface area contributed by atoms with Gasteiger partial charge >= 0.3 is 0 Å². The van der Waals surface area contributed by atoms with Crippen LogP contribution < -0.4 is 16.0 Å². The molecule has 0 aliphatic rings. The number of nitrogens with zero attached hydrogens (tertiary/aromatic N) is 3. The summed E-state index contributed by atoms with van der Waals surface area (Å²) in [4.78, 5) is 35.2. The monoisotopic (exact) mass is 525 g/mol. The fourth-order valence-electron chi connectivity index (χ4n) is 3.37. The Morgan fingerprint density at radius 2 is 1.86 bits per heavy atom. The summed E-state index contributed by atoms with van der Waals surface area (Å²) >= 11 is 0. The van der Waals surface area contributed by atoms with Crippen LogP contribution in [0, 0.1) is 6.92 Å². The molecule has 4 aromatic rings. The van der Waals surface area contributed by atoms with Crippen LogP contribution in [0.4, 0.5) is 5.95 Å². The van der Waals surface area contributed by atoms with E-state index in [-0.39, 0.29) is 36.8 Å². The van der Waals surface area contributed by atoms with Gasteiger partial charge in [-0.2, -0.15) is 4.98 Å². The lowest BCUT2D eigenvalue weighted by Gasteiger charge is -2.18. The predicted octanol–water partition coefficient (Wildman–Crippen LogP) is 3.42. The number of ketones is 1. The van der Waals surface area contributed by atoms with Crippen molar-refractivity contribution in [2.45, 2.75) is 20.1 Å². The van der Waals surface area contributed by atoms with Crippen LogP contribution in [0.5, 0.6) is 5.75 Å². The number of hydrogen-bond acceptors (Lipinski definition) is 9. The molecule has 12 heteroatoms. The van der Waals surface area contributed by atoms with Gasteiger partial charge in [-0.1, -0.05) is 29.8 Å². The average molecular weight is 526 g/mol. The number of imidazole rings is 1. The van der Waals surface area contributed by atoms with Gasteiger partial charge in [0.2, 0.25) is 5.95 Å². The van der Waals surface area contributed by atoms with Gasteiger partial charge < -0.3 is 28.8 Å². The average Bonchev–Trinajstić information content (AvgIpc) is 3.31. The molecule has 194 valence electrons. The number of nitrogens with one attached hydrogen (secondary N) is 1. The highest BCUT2D eigenvalue weighted by Crippen LogP contribution is 2.39. The van der Waals surface area contributed by atoms with Gasteiger partial charge in [-0.15, -0.1) is 0 Å². The number of fused-ring (bicyclic) bond motifs is 1. The first-order chi connectivity index (χ1) is 17.9. The van der Waals surface area contributed by atoms with Crippen LogP contribution >= 0.6 is 8.38 Å².